The standard InChI is InChI=1S/C12H15FN2O3S/c13-8-1-4-11(10(14)7-8)19(17,18)6-5-12(16)15-9-2-3-9/h1,4,7,9H,2-3,5-6,14H2,(H,15,16). The van der Waals surface area contributed by atoms with Gasteiger partial charge in [-0.3, -0.25) is 4.79 Å². The van der Waals surface area contributed by atoms with E-state index in [0.717, 1.165) is 31.0 Å². The van der Waals surface area contributed by atoms with E-state index in [-0.39, 0.29) is 34.7 Å². The van der Waals surface area contributed by atoms with E-state index in [2.05, 4.69) is 5.32 Å². The van der Waals surface area contributed by atoms with Crippen LogP contribution in [0.2, 0.25) is 0 Å². The summed E-state index contributed by atoms with van der Waals surface area (Å²) in [6.07, 6.45) is 1.78. The zero-order chi connectivity index (χ0) is 14.0. The molecule has 0 bridgehead atoms. The van der Waals surface area contributed by atoms with Gasteiger partial charge in [0.1, 0.15) is 5.82 Å². The summed E-state index contributed by atoms with van der Waals surface area (Å²) in [6.45, 7) is 0. The number of benzene rings is 1. The fourth-order valence-corrected chi connectivity index (χ4v) is 3.03. The molecule has 0 heterocycles. The van der Waals surface area contributed by atoms with Crippen LogP contribution in [0, 0.1) is 5.82 Å². The van der Waals surface area contributed by atoms with Crippen molar-refractivity contribution in [2.75, 3.05) is 11.5 Å². The number of nitrogens with two attached hydrogens (primary N) is 1. The molecule has 0 aromatic heterocycles. The van der Waals surface area contributed by atoms with E-state index in [9.17, 15) is 17.6 Å². The Morgan fingerprint density at radius 1 is 1.42 bits per heavy atom. The topological polar surface area (TPSA) is 89.3 Å². The molecule has 7 heteroatoms. The lowest BCUT2D eigenvalue weighted by Crippen LogP contribution is -2.27. The Balaban J connectivity index is 2.02. The van der Waals surface area contributed by atoms with Gasteiger partial charge in [0.25, 0.3) is 0 Å². The van der Waals surface area contributed by atoms with Crippen molar-refractivity contribution in [1.82, 2.24) is 5.32 Å². The summed E-state index contributed by atoms with van der Waals surface area (Å²) in [5.41, 5.74) is 5.35. The lowest BCUT2D eigenvalue weighted by Gasteiger charge is -2.07. The lowest BCUT2D eigenvalue weighted by molar-refractivity contribution is -0.120. The molecule has 1 aromatic carbocycles. The van der Waals surface area contributed by atoms with Gasteiger partial charge in [0.15, 0.2) is 9.84 Å². The predicted molar refractivity (Wildman–Crippen MR) is 68.6 cm³/mol. The number of hydrogen-bond donors (Lipinski definition) is 2. The smallest absolute Gasteiger partial charge is 0.221 e. The van der Waals surface area contributed by atoms with Crippen LogP contribution < -0.4 is 11.1 Å². The first kappa shape index (κ1) is 13.8. The molecular weight excluding hydrogens is 271 g/mol. The van der Waals surface area contributed by atoms with Gasteiger partial charge in [-0.2, -0.15) is 0 Å². The van der Waals surface area contributed by atoms with E-state index < -0.39 is 15.7 Å². The molecule has 1 aliphatic rings. The van der Waals surface area contributed by atoms with Gasteiger partial charge >= 0.3 is 0 Å². The molecule has 1 fully saturated rings. The van der Waals surface area contributed by atoms with Crippen molar-refractivity contribution >= 4 is 21.4 Å². The van der Waals surface area contributed by atoms with E-state index in [1.54, 1.807) is 0 Å². The first-order valence-corrected chi connectivity index (χ1v) is 7.61. The average Bonchev–Trinajstić information content (AvgIpc) is 3.10. The minimum absolute atomic E-state index is 0.115. The Morgan fingerprint density at radius 3 is 2.68 bits per heavy atom. The third-order valence-corrected chi connectivity index (χ3v) is 4.63. The van der Waals surface area contributed by atoms with Crippen LogP contribution in [-0.2, 0) is 14.6 Å². The quantitative estimate of drug-likeness (QED) is 0.620. The van der Waals surface area contributed by atoms with Crippen LogP contribution in [0.5, 0.6) is 0 Å². The third-order valence-electron chi connectivity index (χ3n) is 2.85. The summed E-state index contributed by atoms with van der Waals surface area (Å²) in [5.74, 6) is -1.21. The maximum Gasteiger partial charge on any atom is 0.221 e. The Kier molecular flexibility index (Phi) is 3.75. The molecule has 19 heavy (non-hydrogen) atoms. The maximum absolute atomic E-state index is 12.9. The van der Waals surface area contributed by atoms with Crippen molar-refractivity contribution in [3.63, 3.8) is 0 Å². The zero-order valence-electron chi connectivity index (χ0n) is 10.2. The molecule has 1 aromatic rings. The van der Waals surface area contributed by atoms with Gasteiger partial charge in [-0.05, 0) is 31.0 Å². The number of amides is 1. The highest BCUT2D eigenvalue weighted by atomic mass is 32.2. The second-order valence-corrected chi connectivity index (χ2v) is 6.67. The number of nitrogen functional groups attached to an aromatic ring is 1. The molecule has 0 atom stereocenters. The highest BCUT2D eigenvalue weighted by molar-refractivity contribution is 7.91. The van der Waals surface area contributed by atoms with Gasteiger partial charge in [-0.15, -0.1) is 0 Å². The minimum atomic E-state index is -3.67. The molecule has 2 rings (SSSR count). The number of rotatable bonds is 5. The van der Waals surface area contributed by atoms with Crippen LogP contribution in [0.4, 0.5) is 10.1 Å². The largest absolute Gasteiger partial charge is 0.398 e. The van der Waals surface area contributed by atoms with Crippen LogP contribution in [-0.4, -0.2) is 26.1 Å². The Labute approximate surface area is 110 Å². The number of sulfone groups is 1. The number of carbonyl (C=O) groups is 1. The van der Waals surface area contributed by atoms with Gasteiger partial charge in [0, 0.05) is 12.5 Å². The van der Waals surface area contributed by atoms with Crippen molar-refractivity contribution in [2.24, 2.45) is 0 Å². The van der Waals surface area contributed by atoms with Gasteiger partial charge < -0.3 is 11.1 Å². The summed E-state index contributed by atoms with van der Waals surface area (Å²) in [4.78, 5) is 11.3. The molecule has 3 N–H and O–H groups in total. The van der Waals surface area contributed by atoms with Gasteiger partial charge in [0.2, 0.25) is 5.91 Å². The van der Waals surface area contributed by atoms with Crippen LogP contribution in [0.15, 0.2) is 23.1 Å². The minimum Gasteiger partial charge on any atom is -0.398 e. The maximum atomic E-state index is 12.9. The van der Waals surface area contributed by atoms with Gasteiger partial charge in [0.05, 0.1) is 16.3 Å². The van der Waals surface area contributed by atoms with Crippen LogP contribution >= 0.6 is 0 Å². The molecular formula is C12H15FN2O3S. The number of nitrogens with one attached hydrogen (secondary N) is 1. The third kappa shape index (κ3) is 3.66. The second-order valence-electron chi connectivity index (χ2n) is 4.59. The summed E-state index contributed by atoms with van der Waals surface area (Å²) in [6, 6.07) is 3.31. The normalized spacial score (nSPS) is 15.2. The van der Waals surface area contributed by atoms with E-state index >= 15 is 0 Å². The average molecular weight is 286 g/mol. The predicted octanol–water partition coefficient (Wildman–Crippen LogP) is 0.850. The first-order chi connectivity index (χ1) is 8.88. The molecule has 0 saturated heterocycles. The molecule has 0 radical (unpaired) electrons. The molecule has 1 aliphatic carbocycles. The zero-order valence-corrected chi connectivity index (χ0v) is 11.0. The lowest BCUT2D eigenvalue weighted by atomic mass is 10.3. The molecule has 0 aliphatic heterocycles. The molecule has 5 nitrogen and oxygen atoms in total. The first-order valence-electron chi connectivity index (χ1n) is 5.95. The Bertz CT molecular complexity index is 597. The highest BCUT2D eigenvalue weighted by Crippen LogP contribution is 2.22. The Morgan fingerprint density at radius 2 is 2.11 bits per heavy atom. The molecule has 1 saturated carbocycles. The number of hydrogen-bond acceptors (Lipinski definition) is 4. The number of halogens is 1. The van der Waals surface area contributed by atoms with Gasteiger partial charge in [-0.25, -0.2) is 12.8 Å². The van der Waals surface area contributed by atoms with E-state index in [0.29, 0.717) is 0 Å². The Hall–Kier alpha value is -1.63. The molecule has 0 spiro atoms. The summed E-state index contributed by atoms with van der Waals surface area (Å²) in [7, 11) is -3.67. The monoisotopic (exact) mass is 286 g/mol. The fourth-order valence-electron chi connectivity index (χ4n) is 1.67. The van der Waals surface area contributed by atoms with Crippen LogP contribution in [0.25, 0.3) is 0 Å². The number of anilines is 1. The van der Waals surface area contributed by atoms with E-state index in [4.69, 9.17) is 5.73 Å². The highest BCUT2D eigenvalue weighted by Gasteiger charge is 2.25. The molecule has 1 amide bonds. The summed E-state index contributed by atoms with van der Waals surface area (Å²) >= 11 is 0. The van der Waals surface area contributed by atoms with Crippen LogP contribution in [0.1, 0.15) is 19.3 Å². The summed E-state index contributed by atoms with van der Waals surface area (Å²) in [5, 5.41) is 2.71. The van der Waals surface area contributed by atoms with Crippen molar-refractivity contribution in [1.29, 1.82) is 0 Å². The van der Waals surface area contributed by atoms with Crippen molar-refractivity contribution in [3.8, 4) is 0 Å². The van der Waals surface area contributed by atoms with E-state index in [1.807, 2.05) is 0 Å². The van der Waals surface area contributed by atoms with Crippen molar-refractivity contribution < 1.29 is 17.6 Å². The molecule has 104 valence electrons. The SMILES string of the molecule is Nc1cc(F)ccc1S(=O)(=O)CCC(=O)NC1CC1. The van der Waals surface area contributed by atoms with Crippen LogP contribution in [0.3, 0.4) is 0 Å². The second kappa shape index (κ2) is 5.16. The van der Waals surface area contributed by atoms with Crippen molar-refractivity contribution in [3.05, 3.63) is 24.0 Å². The van der Waals surface area contributed by atoms with Gasteiger partial charge in [-0.1, -0.05) is 0 Å². The van der Waals surface area contributed by atoms with E-state index in [1.165, 1.54) is 0 Å². The van der Waals surface area contributed by atoms with Crippen molar-refractivity contribution in [2.45, 2.75) is 30.2 Å². The fraction of sp³-hybridized carbons (Fsp3) is 0.417. The summed E-state index contributed by atoms with van der Waals surface area (Å²) < 4.78 is 36.8. The number of carbonyl (C=O) groups excluding carboxylic acids is 1. The molecule has 0 unspecified atom stereocenters.